The number of hydrogen-bond donors (Lipinski definition) is 1. The summed E-state index contributed by atoms with van der Waals surface area (Å²) in [6.45, 7) is 5.21. The molecule has 1 rings (SSSR count). The van der Waals surface area contributed by atoms with Crippen LogP contribution in [0.5, 0.6) is 0 Å². The van der Waals surface area contributed by atoms with E-state index in [1.165, 1.54) is 4.31 Å². The lowest BCUT2D eigenvalue weighted by Gasteiger charge is -2.33. The van der Waals surface area contributed by atoms with Crippen LogP contribution >= 0.6 is 0 Å². The Morgan fingerprint density at radius 3 is 2.25 bits per heavy atom. The molecule has 16 heavy (non-hydrogen) atoms. The summed E-state index contributed by atoms with van der Waals surface area (Å²) in [7, 11) is -3.61. The van der Waals surface area contributed by atoms with Crippen molar-refractivity contribution in [3.05, 3.63) is 0 Å². The van der Waals surface area contributed by atoms with Gasteiger partial charge in [0, 0.05) is 26.2 Å². The molecule has 0 amide bonds. The number of nitrogens with zero attached hydrogens (tertiary/aromatic N) is 2. The molecule has 1 saturated heterocycles. The van der Waals surface area contributed by atoms with E-state index in [2.05, 4.69) is 11.8 Å². The van der Waals surface area contributed by atoms with Crippen molar-refractivity contribution in [3.63, 3.8) is 0 Å². The lowest BCUT2D eigenvalue weighted by Crippen LogP contribution is -2.49. The second-order valence-electron chi connectivity index (χ2n) is 3.89. The molecule has 1 fully saturated rings. The molecule has 94 valence electrons. The normalized spacial score (nSPS) is 19.8. The Morgan fingerprint density at radius 2 is 1.81 bits per heavy atom. The first-order valence-corrected chi connectivity index (χ1v) is 6.98. The molecule has 0 saturated carbocycles. The Kier molecular flexibility index (Phi) is 4.69. The van der Waals surface area contributed by atoms with Gasteiger partial charge in [-0.1, -0.05) is 6.92 Å². The average Bonchev–Trinajstić information content (AvgIpc) is 2.17. The molecular formula is C9H18N2O4S. The van der Waals surface area contributed by atoms with Gasteiger partial charge in [-0.25, -0.2) is 8.42 Å². The van der Waals surface area contributed by atoms with Crippen LogP contribution in [0.3, 0.4) is 0 Å². The summed E-state index contributed by atoms with van der Waals surface area (Å²) in [5, 5.41) is 8.50. The molecule has 0 aromatic rings. The van der Waals surface area contributed by atoms with Gasteiger partial charge in [0.05, 0.1) is 0 Å². The van der Waals surface area contributed by atoms with E-state index in [4.69, 9.17) is 5.11 Å². The molecule has 1 aliphatic heterocycles. The van der Waals surface area contributed by atoms with Crippen molar-refractivity contribution in [3.8, 4) is 0 Å². The molecule has 0 atom stereocenters. The number of aliphatic carboxylic acids is 1. The minimum atomic E-state index is -3.61. The summed E-state index contributed by atoms with van der Waals surface area (Å²) in [6.07, 6.45) is 1.04. The smallest absolute Gasteiger partial charge is 0.320 e. The van der Waals surface area contributed by atoms with Crippen LogP contribution in [0.15, 0.2) is 0 Å². The van der Waals surface area contributed by atoms with Gasteiger partial charge < -0.3 is 10.0 Å². The van der Waals surface area contributed by atoms with Crippen molar-refractivity contribution in [1.29, 1.82) is 0 Å². The molecule has 0 aliphatic carbocycles. The van der Waals surface area contributed by atoms with E-state index in [0.29, 0.717) is 26.2 Å². The van der Waals surface area contributed by atoms with Crippen molar-refractivity contribution < 1.29 is 18.3 Å². The number of sulfonamides is 1. The van der Waals surface area contributed by atoms with Crippen LogP contribution in [0.25, 0.3) is 0 Å². The van der Waals surface area contributed by atoms with E-state index in [-0.39, 0.29) is 0 Å². The van der Waals surface area contributed by atoms with Gasteiger partial charge in [-0.05, 0) is 13.0 Å². The summed E-state index contributed by atoms with van der Waals surface area (Å²) < 4.78 is 24.4. The van der Waals surface area contributed by atoms with E-state index in [1.807, 2.05) is 0 Å². The maximum absolute atomic E-state index is 11.6. The number of hydrogen-bond acceptors (Lipinski definition) is 4. The maximum Gasteiger partial charge on any atom is 0.320 e. The molecule has 7 heteroatoms. The molecule has 0 bridgehead atoms. The first-order chi connectivity index (χ1) is 7.45. The second-order valence-corrected chi connectivity index (χ2v) is 5.86. The largest absolute Gasteiger partial charge is 0.480 e. The van der Waals surface area contributed by atoms with Gasteiger partial charge in [-0.3, -0.25) is 4.79 Å². The molecule has 0 aromatic carbocycles. The van der Waals surface area contributed by atoms with Crippen LogP contribution in [0.1, 0.15) is 13.3 Å². The fraction of sp³-hybridized carbons (Fsp3) is 0.889. The number of rotatable bonds is 5. The van der Waals surface area contributed by atoms with Crippen LogP contribution in [0.4, 0.5) is 0 Å². The monoisotopic (exact) mass is 250 g/mol. The third kappa shape index (κ3) is 3.73. The van der Waals surface area contributed by atoms with Crippen molar-refractivity contribution in [1.82, 2.24) is 9.21 Å². The minimum absolute atomic E-state index is 0.398. The zero-order chi connectivity index (χ0) is 12.2. The second kappa shape index (κ2) is 5.60. The van der Waals surface area contributed by atoms with Gasteiger partial charge in [0.2, 0.25) is 10.0 Å². The number of carboxylic acids is 1. The quantitative estimate of drug-likeness (QED) is 0.707. The van der Waals surface area contributed by atoms with E-state index < -0.39 is 21.7 Å². The molecule has 0 aromatic heterocycles. The van der Waals surface area contributed by atoms with Gasteiger partial charge in [-0.2, -0.15) is 4.31 Å². The van der Waals surface area contributed by atoms with Gasteiger partial charge >= 0.3 is 5.97 Å². The van der Waals surface area contributed by atoms with E-state index in [9.17, 15) is 13.2 Å². The van der Waals surface area contributed by atoms with Gasteiger partial charge in [0.15, 0.2) is 5.75 Å². The highest BCUT2D eigenvalue weighted by Gasteiger charge is 2.28. The SMILES string of the molecule is CCCN1CCN(S(=O)(=O)CC(=O)O)CC1. The summed E-state index contributed by atoms with van der Waals surface area (Å²) in [6, 6.07) is 0. The molecule has 6 nitrogen and oxygen atoms in total. The predicted octanol–water partition coefficient (Wildman–Crippen LogP) is -0.572. The predicted molar refractivity (Wildman–Crippen MR) is 59.7 cm³/mol. The van der Waals surface area contributed by atoms with Crippen molar-refractivity contribution in [2.45, 2.75) is 13.3 Å². The molecule has 1 heterocycles. The van der Waals surface area contributed by atoms with E-state index in [1.54, 1.807) is 0 Å². The summed E-state index contributed by atoms with van der Waals surface area (Å²) in [5.41, 5.74) is 0. The molecular weight excluding hydrogens is 232 g/mol. The fourth-order valence-electron chi connectivity index (χ4n) is 1.79. The lowest BCUT2D eigenvalue weighted by atomic mass is 10.3. The first-order valence-electron chi connectivity index (χ1n) is 5.37. The molecule has 0 radical (unpaired) electrons. The Hall–Kier alpha value is -0.660. The van der Waals surface area contributed by atoms with Crippen LogP contribution in [-0.4, -0.2) is 67.2 Å². The summed E-state index contributed by atoms with van der Waals surface area (Å²) >= 11 is 0. The zero-order valence-electron chi connectivity index (χ0n) is 9.42. The highest BCUT2D eigenvalue weighted by molar-refractivity contribution is 7.89. The van der Waals surface area contributed by atoms with Crippen LogP contribution in [-0.2, 0) is 14.8 Å². The number of carbonyl (C=O) groups is 1. The molecule has 1 N–H and O–H groups in total. The van der Waals surface area contributed by atoms with Crippen LogP contribution in [0.2, 0.25) is 0 Å². The van der Waals surface area contributed by atoms with E-state index >= 15 is 0 Å². The number of piperazine rings is 1. The molecule has 0 spiro atoms. The standard InChI is InChI=1S/C9H18N2O4S/c1-2-3-10-4-6-11(7-5-10)16(14,15)8-9(12)13/h2-8H2,1H3,(H,12,13). The lowest BCUT2D eigenvalue weighted by molar-refractivity contribution is -0.134. The maximum atomic E-state index is 11.6. The first kappa shape index (κ1) is 13.4. The van der Waals surface area contributed by atoms with Gasteiger partial charge in [-0.15, -0.1) is 0 Å². The van der Waals surface area contributed by atoms with Crippen molar-refractivity contribution >= 4 is 16.0 Å². The van der Waals surface area contributed by atoms with Crippen molar-refractivity contribution in [2.24, 2.45) is 0 Å². The molecule has 1 aliphatic rings. The highest BCUT2D eigenvalue weighted by atomic mass is 32.2. The third-order valence-corrected chi connectivity index (χ3v) is 4.33. The Morgan fingerprint density at radius 1 is 1.25 bits per heavy atom. The van der Waals surface area contributed by atoms with E-state index in [0.717, 1.165) is 13.0 Å². The Bertz CT molecular complexity index is 333. The van der Waals surface area contributed by atoms with Crippen LogP contribution in [0, 0.1) is 0 Å². The van der Waals surface area contributed by atoms with Crippen molar-refractivity contribution in [2.75, 3.05) is 38.5 Å². The van der Waals surface area contributed by atoms with Gasteiger partial charge in [0.25, 0.3) is 0 Å². The fourth-order valence-corrected chi connectivity index (χ4v) is 3.01. The van der Waals surface area contributed by atoms with Gasteiger partial charge in [0.1, 0.15) is 0 Å². The highest BCUT2D eigenvalue weighted by Crippen LogP contribution is 2.08. The minimum Gasteiger partial charge on any atom is -0.480 e. The topological polar surface area (TPSA) is 77.9 Å². The number of carboxylic acid groups (broad SMARTS) is 1. The summed E-state index contributed by atoms with van der Waals surface area (Å²) in [4.78, 5) is 12.6. The summed E-state index contributed by atoms with van der Waals surface area (Å²) in [5.74, 6) is -2.10. The molecule has 0 unspecified atom stereocenters. The zero-order valence-corrected chi connectivity index (χ0v) is 10.2. The third-order valence-electron chi connectivity index (χ3n) is 2.57. The Labute approximate surface area is 95.9 Å². The van der Waals surface area contributed by atoms with Crippen LogP contribution < -0.4 is 0 Å². The average molecular weight is 250 g/mol. The Balaban J connectivity index is 2.50.